The number of methoxy groups -OCH3 is 1. The van der Waals surface area contributed by atoms with Crippen LogP contribution < -0.4 is 21.3 Å². The molecule has 0 aliphatic heterocycles. The Balaban J connectivity index is 1.87. The molecule has 2 aromatic rings. The minimum Gasteiger partial charge on any atom is -0.467 e. The average Bonchev–Trinajstić information content (AvgIpc) is 2.55. The molecule has 110 valence electrons. The minimum atomic E-state index is 0.188. The highest BCUT2D eigenvalue weighted by atomic mass is 16.5. The van der Waals surface area contributed by atoms with Crippen LogP contribution in [-0.2, 0) is 6.42 Å². The summed E-state index contributed by atoms with van der Waals surface area (Å²) in [7, 11) is 1.51. The molecule has 7 heteroatoms. The summed E-state index contributed by atoms with van der Waals surface area (Å²) in [6.07, 6.45) is 3.29. The van der Waals surface area contributed by atoms with Gasteiger partial charge in [0.2, 0.25) is 11.9 Å². The first kappa shape index (κ1) is 13.6. The molecular weight excluding hydrogens is 268 g/mol. The van der Waals surface area contributed by atoms with Crippen LogP contribution in [0.1, 0.15) is 30.0 Å². The molecule has 21 heavy (non-hydrogen) atoms. The van der Waals surface area contributed by atoms with Gasteiger partial charge in [0.25, 0.3) is 0 Å². The normalized spacial score (nSPS) is 17.0. The van der Waals surface area contributed by atoms with E-state index in [0.29, 0.717) is 5.95 Å². The van der Waals surface area contributed by atoms with E-state index < -0.39 is 0 Å². The van der Waals surface area contributed by atoms with Crippen LogP contribution in [0.2, 0.25) is 0 Å². The second kappa shape index (κ2) is 5.92. The van der Waals surface area contributed by atoms with Crippen LogP contribution in [-0.4, -0.2) is 22.1 Å². The molecule has 1 atom stereocenters. The van der Waals surface area contributed by atoms with Crippen LogP contribution in [0.25, 0.3) is 0 Å². The highest BCUT2D eigenvalue weighted by molar-refractivity contribution is 5.41. The third-order valence-electron chi connectivity index (χ3n) is 3.60. The van der Waals surface area contributed by atoms with Crippen molar-refractivity contribution in [2.45, 2.75) is 25.3 Å². The number of nitrogens with one attached hydrogen (secondary N) is 2. The molecule has 0 saturated heterocycles. The summed E-state index contributed by atoms with van der Waals surface area (Å²) >= 11 is 0. The third kappa shape index (κ3) is 2.87. The van der Waals surface area contributed by atoms with Crippen LogP contribution >= 0.6 is 0 Å². The first-order chi connectivity index (χ1) is 10.3. The quantitative estimate of drug-likeness (QED) is 0.580. The summed E-state index contributed by atoms with van der Waals surface area (Å²) in [5.74, 6) is 6.09. The smallest absolute Gasteiger partial charge is 0.322 e. The fraction of sp³-hybridized carbons (Fsp3) is 0.357. The highest BCUT2D eigenvalue weighted by Gasteiger charge is 2.21. The van der Waals surface area contributed by atoms with E-state index in [2.05, 4.69) is 50.0 Å². The van der Waals surface area contributed by atoms with Crippen molar-refractivity contribution in [2.75, 3.05) is 17.9 Å². The number of hydrogen-bond acceptors (Lipinski definition) is 7. The maximum absolute atomic E-state index is 5.37. The zero-order valence-electron chi connectivity index (χ0n) is 11.8. The molecule has 0 amide bonds. The topological polar surface area (TPSA) is 98.0 Å². The van der Waals surface area contributed by atoms with E-state index in [4.69, 9.17) is 10.6 Å². The van der Waals surface area contributed by atoms with E-state index in [1.165, 1.54) is 18.2 Å². The summed E-state index contributed by atoms with van der Waals surface area (Å²) in [5, 5.41) is 3.35. The molecule has 1 aromatic heterocycles. The third-order valence-corrected chi connectivity index (χ3v) is 3.60. The number of benzene rings is 1. The SMILES string of the molecule is COc1nc(NN)nc(NC2CCCc3ccccc32)n1. The fourth-order valence-corrected chi connectivity index (χ4v) is 2.64. The van der Waals surface area contributed by atoms with Crippen molar-refractivity contribution in [3.8, 4) is 6.01 Å². The Hall–Kier alpha value is -2.41. The molecule has 1 unspecified atom stereocenters. The number of hydrogen-bond donors (Lipinski definition) is 3. The van der Waals surface area contributed by atoms with E-state index in [0.717, 1.165) is 19.3 Å². The molecule has 0 fully saturated rings. The van der Waals surface area contributed by atoms with Crippen molar-refractivity contribution in [1.82, 2.24) is 15.0 Å². The van der Waals surface area contributed by atoms with Gasteiger partial charge in [-0.25, -0.2) is 5.84 Å². The second-order valence-corrected chi connectivity index (χ2v) is 4.90. The van der Waals surface area contributed by atoms with Gasteiger partial charge in [0.15, 0.2) is 0 Å². The first-order valence-electron chi connectivity index (χ1n) is 6.91. The summed E-state index contributed by atoms with van der Waals surface area (Å²) in [6, 6.07) is 8.86. The van der Waals surface area contributed by atoms with Crippen molar-refractivity contribution in [3.63, 3.8) is 0 Å². The van der Waals surface area contributed by atoms with E-state index >= 15 is 0 Å². The Kier molecular flexibility index (Phi) is 3.83. The lowest BCUT2D eigenvalue weighted by atomic mass is 9.88. The summed E-state index contributed by atoms with van der Waals surface area (Å²) in [6.45, 7) is 0. The van der Waals surface area contributed by atoms with Crippen molar-refractivity contribution >= 4 is 11.9 Å². The second-order valence-electron chi connectivity index (χ2n) is 4.90. The molecule has 1 aliphatic carbocycles. The predicted octanol–water partition coefficient (Wildman–Crippen LogP) is 1.66. The van der Waals surface area contributed by atoms with Gasteiger partial charge in [-0.2, -0.15) is 15.0 Å². The Morgan fingerprint density at radius 2 is 2.00 bits per heavy atom. The van der Waals surface area contributed by atoms with Gasteiger partial charge in [0.1, 0.15) is 0 Å². The van der Waals surface area contributed by atoms with E-state index in [9.17, 15) is 0 Å². The molecule has 3 rings (SSSR count). The molecule has 1 aliphatic rings. The van der Waals surface area contributed by atoms with Gasteiger partial charge in [-0.1, -0.05) is 24.3 Å². The number of rotatable bonds is 4. The molecule has 1 aromatic carbocycles. The van der Waals surface area contributed by atoms with Gasteiger partial charge in [0.05, 0.1) is 13.2 Å². The summed E-state index contributed by atoms with van der Waals surface area (Å²) in [5.41, 5.74) is 5.09. The molecule has 7 nitrogen and oxygen atoms in total. The fourth-order valence-electron chi connectivity index (χ4n) is 2.64. The molecular formula is C14H18N6O. The van der Waals surface area contributed by atoms with Crippen LogP contribution in [0.4, 0.5) is 11.9 Å². The lowest BCUT2D eigenvalue weighted by molar-refractivity contribution is 0.379. The lowest BCUT2D eigenvalue weighted by Gasteiger charge is -2.26. The maximum Gasteiger partial charge on any atom is 0.322 e. The Labute approximate surface area is 122 Å². The zero-order chi connectivity index (χ0) is 14.7. The number of nitrogens with zero attached hydrogens (tertiary/aromatic N) is 3. The minimum absolute atomic E-state index is 0.188. The molecule has 1 heterocycles. The van der Waals surface area contributed by atoms with Crippen molar-refractivity contribution < 1.29 is 4.74 Å². The average molecular weight is 286 g/mol. The number of aryl methyl sites for hydroxylation is 1. The number of nitrogens with two attached hydrogens (primary N) is 1. The van der Waals surface area contributed by atoms with Crippen molar-refractivity contribution in [3.05, 3.63) is 35.4 Å². The van der Waals surface area contributed by atoms with Crippen molar-refractivity contribution in [2.24, 2.45) is 5.84 Å². The number of aromatic nitrogens is 3. The number of fused-ring (bicyclic) bond motifs is 1. The van der Waals surface area contributed by atoms with Gasteiger partial charge in [-0.05, 0) is 30.4 Å². The number of nitrogen functional groups attached to an aromatic ring is 1. The van der Waals surface area contributed by atoms with Gasteiger partial charge in [-0.15, -0.1) is 0 Å². The number of hydrazine groups is 1. The summed E-state index contributed by atoms with van der Waals surface area (Å²) < 4.78 is 5.06. The standard InChI is InChI=1S/C14H18N6O/c1-21-14-18-12(17-13(19-14)20-15)16-11-8-4-6-9-5-2-3-7-10(9)11/h2-3,5,7,11H,4,6,8,15H2,1H3,(H2,16,17,18,19,20). The Bertz CT molecular complexity index is 610. The zero-order valence-corrected chi connectivity index (χ0v) is 11.8. The van der Waals surface area contributed by atoms with Gasteiger partial charge in [0, 0.05) is 0 Å². The summed E-state index contributed by atoms with van der Waals surface area (Å²) in [4.78, 5) is 12.4. The number of ether oxygens (including phenoxy) is 1. The lowest BCUT2D eigenvalue weighted by Crippen LogP contribution is -2.20. The highest BCUT2D eigenvalue weighted by Crippen LogP contribution is 2.31. The molecule has 0 radical (unpaired) electrons. The van der Waals surface area contributed by atoms with Crippen LogP contribution in [0.15, 0.2) is 24.3 Å². The van der Waals surface area contributed by atoms with Crippen LogP contribution in [0.3, 0.4) is 0 Å². The van der Waals surface area contributed by atoms with Gasteiger partial charge >= 0.3 is 6.01 Å². The molecule has 0 spiro atoms. The number of anilines is 2. The van der Waals surface area contributed by atoms with Gasteiger partial charge < -0.3 is 10.1 Å². The first-order valence-corrected chi connectivity index (χ1v) is 6.91. The maximum atomic E-state index is 5.37. The van der Waals surface area contributed by atoms with E-state index in [1.54, 1.807) is 0 Å². The Morgan fingerprint density at radius 1 is 1.19 bits per heavy atom. The van der Waals surface area contributed by atoms with E-state index in [-0.39, 0.29) is 18.0 Å². The monoisotopic (exact) mass is 286 g/mol. The van der Waals surface area contributed by atoms with E-state index in [1.807, 2.05) is 0 Å². The molecule has 4 N–H and O–H groups in total. The van der Waals surface area contributed by atoms with Crippen molar-refractivity contribution in [1.29, 1.82) is 0 Å². The Morgan fingerprint density at radius 3 is 2.81 bits per heavy atom. The predicted molar refractivity (Wildman–Crippen MR) is 79.9 cm³/mol. The largest absolute Gasteiger partial charge is 0.467 e. The van der Waals surface area contributed by atoms with Gasteiger partial charge in [-0.3, -0.25) is 5.43 Å². The van der Waals surface area contributed by atoms with Crippen LogP contribution in [0, 0.1) is 0 Å². The molecule has 0 saturated carbocycles. The molecule has 0 bridgehead atoms. The van der Waals surface area contributed by atoms with Crippen LogP contribution in [0.5, 0.6) is 6.01 Å².